The molecule has 0 aromatic heterocycles. The molecule has 1 atom stereocenters. The highest BCUT2D eigenvalue weighted by molar-refractivity contribution is 7.89. The van der Waals surface area contributed by atoms with Gasteiger partial charge >= 0.3 is 5.97 Å². The summed E-state index contributed by atoms with van der Waals surface area (Å²) in [6, 6.07) is 4.41. The number of rotatable bonds is 6. The Morgan fingerprint density at radius 2 is 1.70 bits per heavy atom. The molecule has 5 nitrogen and oxygen atoms in total. The standard InChI is InChI=1S/C14H21NO4S/c1-9(2)13(8-14(16)17)15-20(18,19)12-6-10(3)5-11(4)7-12/h5-7,9,13,15H,8H2,1-4H3,(H,16,17). The van der Waals surface area contributed by atoms with Crippen LogP contribution in [-0.4, -0.2) is 25.5 Å². The lowest BCUT2D eigenvalue weighted by Crippen LogP contribution is -2.40. The second-order valence-corrected chi connectivity index (χ2v) is 7.11. The highest BCUT2D eigenvalue weighted by Gasteiger charge is 2.24. The van der Waals surface area contributed by atoms with E-state index in [1.807, 2.05) is 19.9 Å². The number of nitrogens with one attached hydrogen (secondary N) is 1. The highest BCUT2D eigenvalue weighted by Crippen LogP contribution is 2.17. The van der Waals surface area contributed by atoms with Gasteiger partial charge in [-0.25, -0.2) is 13.1 Å². The van der Waals surface area contributed by atoms with Crippen LogP contribution in [-0.2, 0) is 14.8 Å². The Bertz CT molecular complexity index is 573. The van der Waals surface area contributed by atoms with Crippen LogP contribution < -0.4 is 4.72 Å². The van der Waals surface area contributed by atoms with Crippen molar-refractivity contribution in [3.63, 3.8) is 0 Å². The molecule has 1 aromatic carbocycles. The number of hydrogen-bond donors (Lipinski definition) is 2. The van der Waals surface area contributed by atoms with Crippen LogP contribution in [0.4, 0.5) is 0 Å². The molecule has 0 bridgehead atoms. The average Bonchev–Trinajstić information content (AvgIpc) is 2.25. The summed E-state index contributed by atoms with van der Waals surface area (Å²) >= 11 is 0. The molecule has 0 aliphatic rings. The summed E-state index contributed by atoms with van der Waals surface area (Å²) in [7, 11) is -3.71. The molecule has 0 fully saturated rings. The summed E-state index contributed by atoms with van der Waals surface area (Å²) < 4.78 is 27.1. The summed E-state index contributed by atoms with van der Waals surface area (Å²) in [4.78, 5) is 11.0. The van der Waals surface area contributed by atoms with Gasteiger partial charge in [-0.3, -0.25) is 4.79 Å². The zero-order valence-electron chi connectivity index (χ0n) is 12.2. The molecule has 0 heterocycles. The second kappa shape index (κ2) is 6.37. The first-order valence-electron chi connectivity index (χ1n) is 6.44. The fourth-order valence-electron chi connectivity index (χ4n) is 1.96. The summed E-state index contributed by atoms with van der Waals surface area (Å²) in [5.41, 5.74) is 1.70. The Hall–Kier alpha value is -1.40. The normalized spacial score (nSPS) is 13.4. The number of carboxylic acids is 1. The van der Waals surface area contributed by atoms with E-state index in [1.165, 1.54) is 0 Å². The lowest BCUT2D eigenvalue weighted by molar-refractivity contribution is -0.137. The van der Waals surface area contributed by atoms with Crippen LogP contribution >= 0.6 is 0 Å². The Kier molecular flexibility index (Phi) is 5.30. The molecular formula is C14H21NO4S. The molecule has 0 aliphatic heterocycles. The van der Waals surface area contributed by atoms with E-state index in [-0.39, 0.29) is 17.2 Å². The van der Waals surface area contributed by atoms with E-state index < -0.39 is 22.0 Å². The summed E-state index contributed by atoms with van der Waals surface area (Å²) in [6.07, 6.45) is -0.234. The molecule has 0 saturated carbocycles. The molecule has 2 N–H and O–H groups in total. The smallest absolute Gasteiger partial charge is 0.304 e. The van der Waals surface area contributed by atoms with Crippen molar-refractivity contribution in [2.24, 2.45) is 5.92 Å². The van der Waals surface area contributed by atoms with Gasteiger partial charge in [-0.05, 0) is 43.0 Å². The van der Waals surface area contributed by atoms with Crippen molar-refractivity contribution in [1.29, 1.82) is 0 Å². The van der Waals surface area contributed by atoms with Gasteiger partial charge in [0.15, 0.2) is 0 Å². The van der Waals surface area contributed by atoms with Gasteiger partial charge in [0, 0.05) is 6.04 Å². The number of benzene rings is 1. The fraction of sp³-hybridized carbons (Fsp3) is 0.500. The van der Waals surface area contributed by atoms with E-state index in [0.29, 0.717) is 0 Å². The van der Waals surface area contributed by atoms with Crippen molar-refractivity contribution >= 4 is 16.0 Å². The van der Waals surface area contributed by atoms with Crippen LogP contribution in [0.25, 0.3) is 0 Å². The van der Waals surface area contributed by atoms with Crippen molar-refractivity contribution in [3.8, 4) is 0 Å². The molecule has 0 saturated heterocycles. The molecule has 0 radical (unpaired) electrons. The Labute approximate surface area is 120 Å². The molecule has 1 rings (SSSR count). The molecule has 112 valence electrons. The topological polar surface area (TPSA) is 83.5 Å². The second-order valence-electron chi connectivity index (χ2n) is 5.39. The van der Waals surface area contributed by atoms with Gasteiger partial charge in [0.05, 0.1) is 11.3 Å². The number of aliphatic carboxylic acids is 1. The van der Waals surface area contributed by atoms with Gasteiger partial charge in [-0.1, -0.05) is 19.9 Å². The first kappa shape index (κ1) is 16.7. The van der Waals surface area contributed by atoms with E-state index in [4.69, 9.17) is 5.11 Å². The number of carbonyl (C=O) groups is 1. The third kappa shape index (κ3) is 4.61. The van der Waals surface area contributed by atoms with Crippen molar-refractivity contribution in [1.82, 2.24) is 4.72 Å². The third-order valence-electron chi connectivity index (χ3n) is 3.01. The van der Waals surface area contributed by atoms with Crippen LogP contribution in [0.5, 0.6) is 0 Å². The van der Waals surface area contributed by atoms with Gasteiger partial charge in [-0.2, -0.15) is 0 Å². The first-order valence-corrected chi connectivity index (χ1v) is 7.92. The Balaban J connectivity index is 3.06. The van der Waals surface area contributed by atoms with Gasteiger partial charge in [-0.15, -0.1) is 0 Å². The SMILES string of the molecule is Cc1cc(C)cc(S(=O)(=O)NC(CC(=O)O)C(C)C)c1. The zero-order valence-corrected chi connectivity index (χ0v) is 13.0. The minimum absolute atomic E-state index is 0.105. The maximum atomic E-state index is 12.3. The van der Waals surface area contributed by atoms with Crippen molar-refractivity contribution in [2.75, 3.05) is 0 Å². The van der Waals surface area contributed by atoms with Crippen LogP contribution in [0, 0.1) is 19.8 Å². The Morgan fingerprint density at radius 1 is 1.20 bits per heavy atom. The van der Waals surface area contributed by atoms with E-state index in [9.17, 15) is 13.2 Å². The number of sulfonamides is 1. The predicted molar refractivity (Wildman–Crippen MR) is 77.1 cm³/mol. The first-order chi connectivity index (χ1) is 9.11. The molecule has 6 heteroatoms. The molecule has 0 spiro atoms. The van der Waals surface area contributed by atoms with Crippen LogP contribution in [0.15, 0.2) is 23.1 Å². The largest absolute Gasteiger partial charge is 0.481 e. The number of aryl methyl sites for hydroxylation is 2. The van der Waals surface area contributed by atoms with E-state index >= 15 is 0 Å². The monoisotopic (exact) mass is 299 g/mol. The Morgan fingerprint density at radius 3 is 2.10 bits per heavy atom. The van der Waals surface area contributed by atoms with Gasteiger partial charge < -0.3 is 5.11 Å². The van der Waals surface area contributed by atoms with Crippen molar-refractivity contribution in [3.05, 3.63) is 29.3 Å². The van der Waals surface area contributed by atoms with Crippen molar-refractivity contribution in [2.45, 2.75) is 45.1 Å². The lowest BCUT2D eigenvalue weighted by Gasteiger charge is -2.20. The maximum Gasteiger partial charge on any atom is 0.304 e. The quantitative estimate of drug-likeness (QED) is 0.842. The summed E-state index contributed by atoms with van der Waals surface area (Å²) in [6.45, 7) is 7.22. The molecule has 20 heavy (non-hydrogen) atoms. The molecule has 1 unspecified atom stereocenters. The number of carboxylic acid groups (broad SMARTS) is 1. The third-order valence-corrected chi connectivity index (χ3v) is 4.48. The summed E-state index contributed by atoms with van der Waals surface area (Å²) in [5, 5.41) is 8.85. The maximum absolute atomic E-state index is 12.3. The molecular weight excluding hydrogens is 278 g/mol. The van der Waals surface area contributed by atoms with Gasteiger partial charge in [0.25, 0.3) is 0 Å². The van der Waals surface area contributed by atoms with Gasteiger partial charge in [0.1, 0.15) is 0 Å². The van der Waals surface area contributed by atoms with Crippen LogP contribution in [0.3, 0.4) is 0 Å². The molecule has 0 amide bonds. The summed E-state index contributed by atoms with van der Waals surface area (Å²) in [5.74, 6) is -1.13. The van der Waals surface area contributed by atoms with Crippen LogP contribution in [0.1, 0.15) is 31.4 Å². The van der Waals surface area contributed by atoms with Crippen LogP contribution in [0.2, 0.25) is 0 Å². The lowest BCUT2D eigenvalue weighted by atomic mass is 10.0. The predicted octanol–water partition coefficient (Wildman–Crippen LogP) is 2.08. The zero-order chi connectivity index (χ0) is 15.5. The average molecular weight is 299 g/mol. The minimum atomic E-state index is -3.71. The minimum Gasteiger partial charge on any atom is -0.481 e. The van der Waals surface area contributed by atoms with E-state index in [1.54, 1.807) is 26.0 Å². The van der Waals surface area contributed by atoms with Crippen molar-refractivity contribution < 1.29 is 18.3 Å². The van der Waals surface area contributed by atoms with Gasteiger partial charge in [0.2, 0.25) is 10.0 Å². The highest BCUT2D eigenvalue weighted by atomic mass is 32.2. The van der Waals surface area contributed by atoms with E-state index in [0.717, 1.165) is 11.1 Å². The molecule has 1 aromatic rings. The number of hydrogen-bond acceptors (Lipinski definition) is 3. The fourth-order valence-corrected chi connectivity index (χ4v) is 3.53. The van der Waals surface area contributed by atoms with E-state index in [2.05, 4.69) is 4.72 Å². The molecule has 0 aliphatic carbocycles.